The van der Waals surface area contributed by atoms with E-state index in [0.29, 0.717) is 18.9 Å². The lowest BCUT2D eigenvalue weighted by Crippen LogP contribution is -2.40. The molecule has 0 amide bonds. The number of nitrogens with one attached hydrogen (secondary N) is 1. The minimum atomic E-state index is -0.249. The van der Waals surface area contributed by atoms with Crippen molar-refractivity contribution in [2.45, 2.75) is 13.2 Å². The lowest BCUT2D eigenvalue weighted by Gasteiger charge is -2.26. The Labute approximate surface area is 184 Å². The van der Waals surface area contributed by atoms with E-state index in [0.717, 1.165) is 56.3 Å². The molecule has 0 aliphatic carbocycles. The number of nitrogens with zero attached hydrogens (tertiary/aromatic N) is 1. The number of para-hydroxylation sites is 1. The average Bonchev–Trinajstić information content (AvgIpc) is 2.72. The molecule has 1 aliphatic rings. The molecule has 0 atom stereocenters. The highest BCUT2D eigenvalue weighted by Gasteiger charge is 2.12. The smallest absolute Gasteiger partial charge is 0.166 e. The summed E-state index contributed by atoms with van der Waals surface area (Å²) in [6.45, 7) is 6.57. The standard InChI is InChI=1S/C21H27FN2O3.2ClH/c1-25-20-4-2-3-18(15-23-9-10-24-11-13-26-14-12-24)21(20)27-16-17-5-7-19(22)8-6-17;;/h2-8,23H,9-16H2,1H3;2*1H. The van der Waals surface area contributed by atoms with Gasteiger partial charge in [-0.3, -0.25) is 4.90 Å². The summed E-state index contributed by atoms with van der Waals surface area (Å²) in [5.74, 6) is 1.17. The zero-order valence-corrected chi connectivity index (χ0v) is 18.2. The number of hydrogen-bond donors (Lipinski definition) is 1. The molecule has 1 N–H and O–H groups in total. The Kier molecular flexibility index (Phi) is 12.0. The largest absolute Gasteiger partial charge is 0.493 e. The van der Waals surface area contributed by atoms with Crippen LogP contribution >= 0.6 is 24.8 Å². The monoisotopic (exact) mass is 446 g/mol. The van der Waals surface area contributed by atoms with Crippen molar-refractivity contribution in [1.29, 1.82) is 0 Å². The zero-order chi connectivity index (χ0) is 18.9. The van der Waals surface area contributed by atoms with Crippen molar-refractivity contribution in [2.75, 3.05) is 46.5 Å². The molecule has 8 heteroatoms. The summed E-state index contributed by atoms with van der Waals surface area (Å²) < 4.78 is 29.9. The molecule has 1 aliphatic heterocycles. The van der Waals surface area contributed by atoms with E-state index in [9.17, 15) is 4.39 Å². The number of benzene rings is 2. The molecule has 0 unspecified atom stereocenters. The molecular weight excluding hydrogens is 418 g/mol. The van der Waals surface area contributed by atoms with Crippen molar-refractivity contribution in [3.63, 3.8) is 0 Å². The Morgan fingerprint density at radius 3 is 2.48 bits per heavy atom. The van der Waals surface area contributed by atoms with Gasteiger partial charge >= 0.3 is 0 Å². The van der Waals surface area contributed by atoms with Gasteiger partial charge in [0.2, 0.25) is 0 Å². The quantitative estimate of drug-likeness (QED) is 0.595. The predicted octanol–water partition coefficient (Wildman–Crippen LogP) is 3.68. The normalized spacial score (nSPS) is 13.9. The molecule has 0 aromatic heterocycles. The Balaban J connectivity index is 0.00000210. The van der Waals surface area contributed by atoms with E-state index in [4.69, 9.17) is 14.2 Å². The van der Waals surface area contributed by atoms with E-state index in [1.54, 1.807) is 19.2 Å². The van der Waals surface area contributed by atoms with Crippen molar-refractivity contribution >= 4 is 24.8 Å². The Morgan fingerprint density at radius 2 is 1.79 bits per heavy atom. The van der Waals surface area contributed by atoms with E-state index in [1.807, 2.05) is 18.2 Å². The molecule has 0 bridgehead atoms. The average molecular weight is 447 g/mol. The second kappa shape index (κ2) is 13.6. The molecule has 0 radical (unpaired) electrons. The molecular formula is C21H29Cl2FN2O3. The van der Waals surface area contributed by atoms with Gasteiger partial charge in [0.05, 0.1) is 20.3 Å². The third-order valence-electron chi connectivity index (χ3n) is 4.60. The Bertz CT molecular complexity index is 714. The minimum absolute atomic E-state index is 0. The Hall–Kier alpha value is -1.57. The first-order valence-corrected chi connectivity index (χ1v) is 9.30. The molecule has 1 saturated heterocycles. The van der Waals surface area contributed by atoms with Crippen LogP contribution in [0.25, 0.3) is 0 Å². The van der Waals surface area contributed by atoms with Gasteiger partial charge in [-0.1, -0.05) is 24.3 Å². The lowest BCUT2D eigenvalue weighted by atomic mass is 10.1. The fraction of sp³-hybridized carbons (Fsp3) is 0.429. The van der Waals surface area contributed by atoms with Crippen LogP contribution in [0.15, 0.2) is 42.5 Å². The van der Waals surface area contributed by atoms with Gasteiger partial charge in [-0.25, -0.2) is 4.39 Å². The maximum Gasteiger partial charge on any atom is 0.166 e. The van der Waals surface area contributed by atoms with Crippen molar-refractivity contribution in [1.82, 2.24) is 10.2 Å². The number of hydrogen-bond acceptors (Lipinski definition) is 5. The van der Waals surface area contributed by atoms with Gasteiger partial charge in [0, 0.05) is 38.3 Å². The van der Waals surface area contributed by atoms with E-state index in [-0.39, 0.29) is 30.6 Å². The third kappa shape index (κ3) is 7.99. The number of morpholine rings is 1. The summed E-state index contributed by atoms with van der Waals surface area (Å²) in [6.07, 6.45) is 0. The van der Waals surface area contributed by atoms with Crippen LogP contribution in [0.4, 0.5) is 4.39 Å². The fourth-order valence-corrected chi connectivity index (χ4v) is 3.05. The van der Waals surface area contributed by atoms with Gasteiger partial charge in [-0.05, 0) is 23.8 Å². The first-order valence-electron chi connectivity index (χ1n) is 9.30. The number of halogens is 3. The van der Waals surface area contributed by atoms with Crippen LogP contribution in [-0.4, -0.2) is 51.4 Å². The summed E-state index contributed by atoms with van der Waals surface area (Å²) in [6, 6.07) is 12.2. The molecule has 162 valence electrons. The first-order chi connectivity index (χ1) is 13.3. The highest BCUT2D eigenvalue weighted by Crippen LogP contribution is 2.31. The molecule has 2 aromatic rings. The van der Waals surface area contributed by atoms with Gasteiger partial charge in [-0.15, -0.1) is 24.8 Å². The lowest BCUT2D eigenvalue weighted by molar-refractivity contribution is 0.0384. The maximum atomic E-state index is 13.1. The highest BCUT2D eigenvalue weighted by molar-refractivity contribution is 5.85. The van der Waals surface area contributed by atoms with Gasteiger partial charge in [-0.2, -0.15) is 0 Å². The topological polar surface area (TPSA) is 43.0 Å². The molecule has 29 heavy (non-hydrogen) atoms. The second-order valence-corrected chi connectivity index (χ2v) is 6.49. The zero-order valence-electron chi connectivity index (χ0n) is 16.6. The van der Waals surface area contributed by atoms with Gasteiger partial charge in [0.15, 0.2) is 11.5 Å². The van der Waals surface area contributed by atoms with E-state index >= 15 is 0 Å². The third-order valence-corrected chi connectivity index (χ3v) is 4.60. The molecule has 3 rings (SSSR count). The SMILES string of the molecule is COc1cccc(CNCCN2CCOCC2)c1OCc1ccc(F)cc1.Cl.Cl. The van der Waals surface area contributed by atoms with Gasteiger partial charge in [0.25, 0.3) is 0 Å². The summed E-state index contributed by atoms with van der Waals surface area (Å²) >= 11 is 0. The van der Waals surface area contributed by atoms with Crippen LogP contribution in [0.1, 0.15) is 11.1 Å². The summed E-state index contributed by atoms with van der Waals surface area (Å²) in [7, 11) is 1.63. The van der Waals surface area contributed by atoms with Crippen LogP contribution in [0.5, 0.6) is 11.5 Å². The Morgan fingerprint density at radius 1 is 1.07 bits per heavy atom. The van der Waals surface area contributed by atoms with Crippen LogP contribution in [0, 0.1) is 5.82 Å². The van der Waals surface area contributed by atoms with Crippen LogP contribution in [-0.2, 0) is 17.9 Å². The van der Waals surface area contributed by atoms with Crippen molar-refractivity contribution in [3.05, 3.63) is 59.4 Å². The minimum Gasteiger partial charge on any atom is -0.493 e. The van der Waals surface area contributed by atoms with Gasteiger partial charge < -0.3 is 19.5 Å². The van der Waals surface area contributed by atoms with Crippen molar-refractivity contribution in [3.8, 4) is 11.5 Å². The van der Waals surface area contributed by atoms with Crippen molar-refractivity contribution < 1.29 is 18.6 Å². The summed E-state index contributed by atoms with van der Waals surface area (Å²) in [5, 5.41) is 3.48. The fourth-order valence-electron chi connectivity index (χ4n) is 3.05. The maximum absolute atomic E-state index is 13.1. The molecule has 2 aromatic carbocycles. The van der Waals surface area contributed by atoms with E-state index < -0.39 is 0 Å². The molecule has 1 fully saturated rings. The second-order valence-electron chi connectivity index (χ2n) is 6.49. The van der Waals surface area contributed by atoms with Crippen LogP contribution in [0.3, 0.4) is 0 Å². The number of methoxy groups -OCH3 is 1. The predicted molar refractivity (Wildman–Crippen MR) is 117 cm³/mol. The summed E-state index contributed by atoms with van der Waals surface area (Å²) in [5.41, 5.74) is 1.95. The van der Waals surface area contributed by atoms with E-state index in [1.165, 1.54) is 12.1 Å². The molecule has 0 spiro atoms. The van der Waals surface area contributed by atoms with E-state index in [2.05, 4.69) is 10.2 Å². The highest BCUT2D eigenvalue weighted by atomic mass is 35.5. The van der Waals surface area contributed by atoms with Crippen LogP contribution in [0.2, 0.25) is 0 Å². The number of ether oxygens (including phenoxy) is 3. The molecule has 0 saturated carbocycles. The first kappa shape index (κ1) is 25.5. The number of rotatable bonds is 9. The summed E-state index contributed by atoms with van der Waals surface area (Å²) in [4.78, 5) is 2.40. The molecule has 5 nitrogen and oxygen atoms in total. The van der Waals surface area contributed by atoms with Crippen molar-refractivity contribution in [2.24, 2.45) is 0 Å². The van der Waals surface area contributed by atoms with Crippen LogP contribution < -0.4 is 14.8 Å². The molecule has 1 heterocycles. The van der Waals surface area contributed by atoms with Gasteiger partial charge in [0.1, 0.15) is 12.4 Å².